The van der Waals surface area contributed by atoms with Gasteiger partial charge in [-0.05, 0) is 60.5 Å². The highest BCUT2D eigenvalue weighted by molar-refractivity contribution is 8.00. The summed E-state index contributed by atoms with van der Waals surface area (Å²) in [4.78, 5) is 5.41. The van der Waals surface area contributed by atoms with Crippen molar-refractivity contribution in [2.75, 3.05) is 4.72 Å². The number of benzene rings is 2. The van der Waals surface area contributed by atoms with Gasteiger partial charge in [0, 0.05) is 16.8 Å². The zero-order valence-corrected chi connectivity index (χ0v) is 16.6. The summed E-state index contributed by atoms with van der Waals surface area (Å²) in [5, 5.41) is 4.26. The predicted octanol–water partition coefficient (Wildman–Crippen LogP) is 6.26. The Morgan fingerprint density at radius 2 is 1.73 bits per heavy atom. The van der Waals surface area contributed by atoms with Gasteiger partial charge in [-0.15, -0.1) is 0 Å². The van der Waals surface area contributed by atoms with Crippen molar-refractivity contribution in [1.82, 2.24) is 10.3 Å². The SMILES string of the molecule is FC(F)(F)c1ccc(SNc2cccc3ccc(CNCc4ccco4)nc23)cc1. The van der Waals surface area contributed by atoms with Gasteiger partial charge in [-0.2, -0.15) is 13.2 Å². The number of anilines is 1. The maximum Gasteiger partial charge on any atom is 0.416 e. The minimum Gasteiger partial charge on any atom is -0.468 e. The molecule has 30 heavy (non-hydrogen) atoms. The van der Waals surface area contributed by atoms with Gasteiger partial charge in [0.05, 0.1) is 35.3 Å². The molecular weight excluding hydrogens is 411 g/mol. The minimum atomic E-state index is -4.34. The zero-order valence-electron chi connectivity index (χ0n) is 15.7. The number of hydrogen-bond acceptors (Lipinski definition) is 5. The molecule has 2 heterocycles. The maximum atomic E-state index is 12.7. The molecule has 2 N–H and O–H groups in total. The van der Waals surface area contributed by atoms with Crippen molar-refractivity contribution in [2.24, 2.45) is 0 Å². The lowest BCUT2D eigenvalue weighted by Gasteiger charge is -2.11. The van der Waals surface area contributed by atoms with Crippen LogP contribution >= 0.6 is 11.9 Å². The van der Waals surface area contributed by atoms with Gasteiger partial charge in [0.2, 0.25) is 0 Å². The van der Waals surface area contributed by atoms with Crippen LogP contribution in [-0.2, 0) is 19.3 Å². The van der Waals surface area contributed by atoms with Crippen LogP contribution in [0.4, 0.5) is 18.9 Å². The molecule has 4 nitrogen and oxygen atoms in total. The lowest BCUT2D eigenvalue weighted by Crippen LogP contribution is -2.13. The van der Waals surface area contributed by atoms with Crippen LogP contribution in [0.1, 0.15) is 17.0 Å². The third-order valence-electron chi connectivity index (χ3n) is 4.42. The first-order valence-electron chi connectivity index (χ1n) is 9.21. The molecule has 0 radical (unpaired) electrons. The molecule has 0 aliphatic carbocycles. The van der Waals surface area contributed by atoms with E-state index in [2.05, 4.69) is 10.0 Å². The average molecular weight is 429 g/mol. The van der Waals surface area contributed by atoms with Crippen molar-refractivity contribution in [1.29, 1.82) is 0 Å². The van der Waals surface area contributed by atoms with E-state index in [4.69, 9.17) is 9.40 Å². The first kappa shape index (κ1) is 20.3. The number of rotatable bonds is 7. The number of aromatic nitrogens is 1. The van der Waals surface area contributed by atoms with E-state index >= 15 is 0 Å². The summed E-state index contributed by atoms with van der Waals surface area (Å²) >= 11 is 1.24. The average Bonchev–Trinajstić information content (AvgIpc) is 3.25. The Labute approximate surface area is 175 Å². The summed E-state index contributed by atoms with van der Waals surface area (Å²) < 4.78 is 46.6. The molecule has 4 aromatic rings. The fourth-order valence-electron chi connectivity index (χ4n) is 2.92. The molecule has 0 amide bonds. The number of alkyl halides is 3. The monoisotopic (exact) mass is 429 g/mol. The number of furan rings is 1. The lowest BCUT2D eigenvalue weighted by atomic mass is 10.2. The molecule has 4 rings (SSSR count). The second-order valence-electron chi connectivity index (χ2n) is 6.59. The molecular formula is C22H18F3N3OS. The largest absolute Gasteiger partial charge is 0.468 e. The second-order valence-corrected chi connectivity index (χ2v) is 7.47. The summed E-state index contributed by atoms with van der Waals surface area (Å²) in [5.41, 5.74) is 1.81. The number of hydrogen-bond donors (Lipinski definition) is 2. The minimum absolute atomic E-state index is 0.580. The van der Waals surface area contributed by atoms with Crippen LogP contribution in [-0.4, -0.2) is 4.98 Å². The van der Waals surface area contributed by atoms with E-state index in [1.54, 1.807) is 6.26 Å². The van der Waals surface area contributed by atoms with E-state index < -0.39 is 11.7 Å². The molecule has 0 fully saturated rings. The van der Waals surface area contributed by atoms with E-state index in [1.165, 1.54) is 24.1 Å². The Hall–Kier alpha value is -2.97. The summed E-state index contributed by atoms with van der Waals surface area (Å²) in [7, 11) is 0. The number of nitrogens with zero attached hydrogens (tertiary/aromatic N) is 1. The molecule has 0 saturated carbocycles. The standard InChI is InChI=1S/C22H18F3N3OS/c23-22(24,25)16-7-10-19(11-8-16)30-28-20-5-1-3-15-6-9-17(27-21(15)20)13-26-14-18-4-2-12-29-18/h1-12,26,28H,13-14H2. The molecule has 0 spiro atoms. The molecule has 0 saturated heterocycles. The molecule has 2 aromatic carbocycles. The van der Waals surface area contributed by atoms with Gasteiger partial charge in [0.25, 0.3) is 0 Å². The van der Waals surface area contributed by atoms with Gasteiger partial charge in [-0.3, -0.25) is 0 Å². The van der Waals surface area contributed by atoms with Crippen molar-refractivity contribution in [3.05, 3.63) is 90.0 Å². The summed E-state index contributed by atoms with van der Waals surface area (Å²) in [6, 6.07) is 18.5. The van der Waals surface area contributed by atoms with Crippen LogP contribution in [0.25, 0.3) is 10.9 Å². The number of nitrogens with one attached hydrogen (secondary N) is 2. The maximum absolute atomic E-state index is 12.7. The van der Waals surface area contributed by atoms with Crippen LogP contribution < -0.4 is 10.0 Å². The van der Waals surface area contributed by atoms with Crippen LogP contribution in [0.3, 0.4) is 0 Å². The Balaban J connectivity index is 1.45. The van der Waals surface area contributed by atoms with Crippen molar-refractivity contribution >= 4 is 28.5 Å². The van der Waals surface area contributed by atoms with Crippen LogP contribution in [0.15, 0.2) is 82.3 Å². The quantitative estimate of drug-likeness (QED) is 0.340. The van der Waals surface area contributed by atoms with Gasteiger partial charge in [-0.1, -0.05) is 18.2 Å². The van der Waals surface area contributed by atoms with Gasteiger partial charge >= 0.3 is 6.18 Å². The van der Waals surface area contributed by atoms with Gasteiger partial charge in [0.15, 0.2) is 0 Å². The van der Waals surface area contributed by atoms with E-state index in [0.29, 0.717) is 18.0 Å². The highest BCUT2D eigenvalue weighted by Gasteiger charge is 2.29. The Morgan fingerprint density at radius 3 is 2.47 bits per heavy atom. The van der Waals surface area contributed by atoms with E-state index in [0.717, 1.165) is 40.2 Å². The Kier molecular flexibility index (Phi) is 5.96. The number of halogens is 3. The van der Waals surface area contributed by atoms with Gasteiger partial charge in [0.1, 0.15) is 5.76 Å². The van der Waals surface area contributed by atoms with Crippen LogP contribution in [0.5, 0.6) is 0 Å². The van der Waals surface area contributed by atoms with E-state index in [-0.39, 0.29) is 0 Å². The highest BCUT2D eigenvalue weighted by Crippen LogP contribution is 2.32. The van der Waals surface area contributed by atoms with E-state index in [9.17, 15) is 13.2 Å². The van der Waals surface area contributed by atoms with Gasteiger partial charge < -0.3 is 14.5 Å². The molecule has 2 aromatic heterocycles. The number of fused-ring (bicyclic) bond motifs is 1. The summed E-state index contributed by atoms with van der Waals surface area (Å²) in [5.74, 6) is 0.853. The second kappa shape index (κ2) is 8.81. The zero-order chi connectivity index (χ0) is 21.0. The molecule has 0 bridgehead atoms. The third-order valence-corrected chi connectivity index (χ3v) is 5.25. The fraction of sp³-hybridized carbons (Fsp3) is 0.136. The third kappa shape index (κ3) is 4.95. The number of pyridine rings is 1. The lowest BCUT2D eigenvalue weighted by molar-refractivity contribution is -0.137. The van der Waals surface area contributed by atoms with Gasteiger partial charge in [-0.25, -0.2) is 4.98 Å². The topological polar surface area (TPSA) is 50.1 Å². The molecule has 8 heteroatoms. The molecule has 154 valence electrons. The van der Waals surface area contributed by atoms with Crippen molar-refractivity contribution < 1.29 is 17.6 Å². The first-order chi connectivity index (χ1) is 14.5. The molecule has 0 aliphatic rings. The number of para-hydroxylation sites is 1. The molecule has 0 unspecified atom stereocenters. The fourth-order valence-corrected chi connectivity index (χ4v) is 3.59. The first-order valence-corrected chi connectivity index (χ1v) is 10.0. The Morgan fingerprint density at radius 1 is 0.900 bits per heavy atom. The van der Waals surface area contributed by atoms with Crippen molar-refractivity contribution in [3.8, 4) is 0 Å². The smallest absolute Gasteiger partial charge is 0.416 e. The molecule has 0 atom stereocenters. The van der Waals surface area contributed by atoms with E-state index in [1.807, 2.05) is 42.5 Å². The van der Waals surface area contributed by atoms with Crippen molar-refractivity contribution in [3.63, 3.8) is 0 Å². The van der Waals surface area contributed by atoms with Crippen LogP contribution in [0.2, 0.25) is 0 Å². The highest BCUT2D eigenvalue weighted by atomic mass is 32.2. The summed E-state index contributed by atoms with van der Waals surface area (Å²) in [6.07, 6.45) is -2.70. The normalized spacial score (nSPS) is 11.7. The predicted molar refractivity (Wildman–Crippen MR) is 112 cm³/mol. The van der Waals surface area contributed by atoms with Crippen LogP contribution in [0, 0.1) is 0 Å². The Bertz CT molecular complexity index is 1110. The van der Waals surface area contributed by atoms with Crippen molar-refractivity contribution in [2.45, 2.75) is 24.2 Å². The summed E-state index contributed by atoms with van der Waals surface area (Å²) in [6.45, 7) is 1.19. The molecule has 0 aliphatic heterocycles.